The number of piperidine rings is 1. The first-order valence-electron chi connectivity index (χ1n) is 6.61. The molecule has 0 radical (unpaired) electrons. The molecule has 2 fully saturated rings. The number of nitrogens with zero attached hydrogens (tertiary/aromatic N) is 1. The summed E-state index contributed by atoms with van der Waals surface area (Å²) >= 11 is 0. The van der Waals surface area contributed by atoms with Crippen LogP contribution in [0.25, 0.3) is 0 Å². The number of hydrogen-bond donors (Lipinski definition) is 1. The van der Waals surface area contributed by atoms with Crippen LogP contribution in [-0.4, -0.2) is 42.8 Å². The first-order valence-corrected chi connectivity index (χ1v) is 6.61. The number of ether oxygens (including phenoxy) is 1. The summed E-state index contributed by atoms with van der Waals surface area (Å²) in [6.07, 6.45) is 2.37. The molecule has 2 heterocycles. The van der Waals surface area contributed by atoms with Crippen molar-refractivity contribution in [2.75, 3.05) is 26.3 Å². The maximum atomic E-state index is 6.38. The van der Waals surface area contributed by atoms with Gasteiger partial charge in [0.05, 0.1) is 12.1 Å². The maximum absolute atomic E-state index is 6.38. The van der Waals surface area contributed by atoms with Gasteiger partial charge >= 0.3 is 0 Å². The molecule has 3 heteroatoms. The van der Waals surface area contributed by atoms with Crippen LogP contribution >= 0.6 is 0 Å². The van der Waals surface area contributed by atoms with E-state index in [1.54, 1.807) is 0 Å². The zero-order valence-electron chi connectivity index (χ0n) is 10.9. The molecule has 94 valence electrons. The van der Waals surface area contributed by atoms with Gasteiger partial charge in [-0.2, -0.15) is 0 Å². The minimum Gasteiger partial charge on any atom is -0.379 e. The first-order chi connectivity index (χ1) is 7.50. The summed E-state index contributed by atoms with van der Waals surface area (Å²) in [5.41, 5.74) is 6.28. The molecule has 0 aromatic heterocycles. The normalized spacial score (nSPS) is 46.1. The molecule has 2 rings (SSSR count). The lowest BCUT2D eigenvalue weighted by molar-refractivity contribution is 0.0541. The van der Waals surface area contributed by atoms with Gasteiger partial charge in [-0.3, -0.25) is 4.90 Å². The van der Waals surface area contributed by atoms with Crippen LogP contribution in [0.15, 0.2) is 0 Å². The van der Waals surface area contributed by atoms with Crippen LogP contribution in [0.3, 0.4) is 0 Å². The Bertz CT molecular complexity index is 238. The van der Waals surface area contributed by atoms with Crippen molar-refractivity contribution in [3.05, 3.63) is 0 Å². The summed E-state index contributed by atoms with van der Waals surface area (Å²) in [7, 11) is 0. The van der Waals surface area contributed by atoms with Crippen LogP contribution in [0.4, 0.5) is 0 Å². The minimum atomic E-state index is -0.0922. The quantitative estimate of drug-likeness (QED) is 0.775. The second-order valence-corrected chi connectivity index (χ2v) is 6.15. The molecule has 2 aliphatic rings. The molecule has 16 heavy (non-hydrogen) atoms. The van der Waals surface area contributed by atoms with E-state index in [0.29, 0.717) is 6.04 Å². The van der Waals surface area contributed by atoms with Crippen molar-refractivity contribution in [1.82, 2.24) is 4.90 Å². The van der Waals surface area contributed by atoms with Crippen molar-refractivity contribution in [2.24, 2.45) is 17.6 Å². The van der Waals surface area contributed by atoms with Crippen LogP contribution in [0.2, 0.25) is 0 Å². The van der Waals surface area contributed by atoms with Gasteiger partial charge in [-0.25, -0.2) is 0 Å². The summed E-state index contributed by atoms with van der Waals surface area (Å²) in [6.45, 7) is 10.8. The SMILES string of the molecule is CC1CC(C)C(C)N(CC2(N)CCOC2)C1. The van der Waals surface area contributed by atoms with E-state index in [0.717, 1.165) is 38.0 Å². The van der Waals surface area contributed by atoms with Crippen molar-refractivity contribution in [3.8, 4) is 0 Å². The van der Waals surface area contributed by atoms with E-state index in [4.69, 9.17) is 10.5 Å². The van der Waals surface area contributed by atoms with E-state index < -0.39 is 0 Å². The van der Waals surface area contributed by atoms with Crippen LogP contribution in [-0.2, 0) is 4.74 Å². The van der Waals surface area contributed by atoms with Crippen molar-refractivity contribution in [1.29, 1.82) is 0 Å². The number of rotatable bonds is 2. The average molecular weight is 226 g/mol. The van der Waals surface area contributed by atoms with Crippen LogP contribution in [0, 0.1) is 11.8 Å². The molecule has 4 unspecified atom stereocenters. The lowest BCUT2D eigenvalue weighted by Gasteiger charge is -2.44. The van der Waals surface area contributed by atoms with Gasteiger partial charge < -0.3 is 10.5 Å². The molecule has 0 bridgehead atoms. The lowest BCUT2D eigenvalue weighted by Crippen LogP contribution is -2.56. The largest absolute Gasteiger partial charge is 0.379 e. The van der Waals surface area contributed by atoms with E-state index in [9.17, 15) is 0 Å². The lowest BCUT2D eigenvalue weighted by atomic mass is 9.84. The van der Waals surface area contributed by atoms with Crippen LogP contribution in [0.5, 0.6) is 0 Å². The highest BCUT2D eigenvalue weighted by Gasteiger charge is 2.37. The van der Waals surface area contributed by atoms with Gasteiger partial charge in [0, 0.05) is 25.7 Å². The third-order valence-corrected chi connectivity index (χ3v) is 4.37. The Morgan fingerprint density at radius 3 is 2.75 bits per heavy atom. The Labute approximate surface area is 99.3 Å². The van der Waals surface area contributed by atoms with E-state index in [1.165, 1.54) is 13.0 Å². The molecule has 0 aromatic carbocycles. The second-order valence-electron chi connectivity index (χ2n) is 6.15. The Morgan fingerprint density at radius 1 is 1.38 bits per heavy atom. The Kier molecular flexibility index (Phi) is 3.57. The molecule has 2 N–H and O–H groups in total. The molecule has 0 aliphatic carbocycles. The highest BCUT2D eigenvalue weighted by Crippen LogP contribution is 2.29. The van der Waals surface area contributed by atoms with Gasteiger partial charge in [-0.15, -0.1) is 0 Å². The van der Waals surface area contributed by atoms with E-state index >= 15 is 0 Å². The van der Waals surface area contributed by atoms with Crippen molar-refractivity contribution >= 4 is 0 Å². The summed E-state index contributed by atoms with van der Waals surface area (Å²) in [6, 6.07) is 0.664. The topological polar surface area (TPSA) is 38.5 Å². The molecule has 0 saturated carbocycles. The number of hydrogen-bond acceptors (Lipinski definition) is 3. The average Bonchev–Trinajstić information content (AvgIpc) is 2.61. The molecule has 0 amide bonds. The first kappa shape index (κ1) is 12.3. The van der Waals surface area contributed by atoms with Gasteiger partial charge in [0.15, 0.2) is 0 Å². The molecular weight excluding hydrogens is 200 g/mol. The summed E-state index contributed by atoms with van der Waals surface area (Å²) in [4.78, 5) is 2.58. The van der Waals surface area contributed by atoms with Gasteiger partial charge in [-0.05, 0) is 31.6 Å². The zero-order chi connectivity index (χ0) is 11.8. The highest BCUT2D eigenvalue weighted by molar-refractivity contribution is 4.94. The molecule has 2 aliphatic heterocycles. The molecule has 4 atom stereocenters. The van der Waals surface area contributed by atoms with Crippen molar-refractivity contribution in [3.63, 3.8) is 0 Å². The highest BCUT2D eigenvalue weighted by atomic mass is 16.5. The fraction of sp³-hybridized carbons (Fsp3) is 1.00. The smallest absolute Gasteiger partial charge is 0.0659 e. The number of likely N-dealkylation sites (tertiary alicyclic amines) is 1. The van der Waals surface area contributed by atoms with Crippen LogP contribution in [0.1, 0.15) is 33.6 Å². The van der Waals surface area contributed by atoms with Gasteiger partial charge in [0.2, 0.25) is 0 Å². The predicted molar refractivity (Wildman–Crippen MR) is 66.3 cm³/mol. The van der Waals surface area contributed by atoms with E-state index in [1.807, 2.05) is 0 Å². The van der Waals surface area contributed by atoms with E-state index in [-0.39, 0.29) is 5.54 Å². The molecular formula is C13H26N2O. The van der Waals surface area contributed by atoms with Crippen molar-refractivity contribution < 1.29 is 4.74 Å². The monoisotopic (exact) mass is 226 g/mol. The van der Waals surface area contributed by atoms with Crippen molar-refractivity contribution in [2.45, 2.75) is 45.2 Å². The van der Waals surface area contributed by atoms with Gasteiger partial charge in [0.1, 0.15) is 0 Å². The molecule has 2 saturated heterocycles. The number of nitrogens with two attached hydrogens (primary N) is 1. The third-order valence-electron chi connectivity index (χ3n) is 4.37. The summed E-state index contributed by atoms with van der Waals surface area (Å²) < 4.78 is 5.44. The Morgan fingerprint density at radius 2 is 2.12 bits per heavy atom. The molecule has 3 nitrogen and oxygen atoms in total. The fourth-order valence-corrected chi connectivity index (χ4v) is 3.19. The summed E-state index contributed by atoms with van der Waals surface area (Å²) in [5.74, 6) is 1.59. The molecule has 0 spiro atoms. The standard InChI is InChI=1S/C13H26N2O/c1-10-6-11(2)12(3)15(7-10)8-13(14)4-5-16-9-13/h10-12H,4-9,14H2,1-3H3. The fourth-order valence-electron chi connectivity index (χ4n) is 3.19. The minimum absolute atomic E-state index is 0.0922. The molecule has 0 aromatic rings. The van der Waals surface area contributed by atoms with Gasteiger partial charge in [0.25, 0.3) is 0 Å². The van der Waals surface area contributed by atoms with Crippen LogP contribution < -0.4 is 5.73 Å². The Balaban J connectivity index is 1.97. The Hall–Kier alpha value is -0.120. The van der Waals surface area contributed by atoms with Gasteiger partial charge in [-0.1, -0.05) is 13.8 Å². The maximum Gasteiger partial charge on any atom is 0.0659 e. The second kappa shape index (κ2) is 4.63. The van der Waals surface area contributed by atoms with E-state index in [2.05, 4.69) is 25.7 Å². The zero-order valence-corrected chi connectivity index (χ0v) is 10.9. The predicted octanol–water partition coefficient (Wildman–Crippen LogP) is 1.47. The third kappa shape index (κ3) is 2.58. The summed E-state index contributed by atoms with van der Waals surface area (Å²) in [5, 5.41) is 0.